The van der Waals surface area contributed by atoms with Crippen LogP contribution in [-0.4, -0.2) is 22.1 Å². The highest BCUT2D eigenvalue weighted by molar-refractivity contribution is 5.23. The van der Waals surface area contributed by atoms with Gasteiger partial charge in [-0.15, -0.1) is 0 Å². The second kappa shape index (κ2) is 5.27. The Morgan fingerprint density at radius 1 is 1.25 bits per heavy atom. The number of nitrogens with one attached hydrogen (secondary N) is 2. The second-order valence-corrected chi connectivity index (χ2v) is 3.41. The molecule has 0 amide bonds. The molecule has 5 heteroatoms. The molecule has 0 aliphatic carbocycles. The van der Waals surface area contributed by atoms with Crippen molar-refractivity contribution in [2.45, 2.75) is 13.1 Å². The normalized spacial score (nSPS) is 10.3. The van der Waals surface area contributed by atoms with Gasteiger partial charge in [0.25, 0.3) is 0 Å². The summed E-state index contributed by atoms with van der Waals surface area (Å²) in [7, 11) is 1.64. The number of nitrogens with zero attached hydrogens (tertiary/aromatic N) is 2. The summed E-state index contributed by atoms with van der Waals surface area (Å²) in [6.07, 6.45) is 6.99. The van der Waals surface area contributed by atoms with Crippen LogP contribution in [0.2, 0.25) is 0 Å². The lowest BCUT2D eigenvalue weighted by Crippen LogP contribution is -2.13. The average Bonchev–Trinajstić information content (AvgIpc) is 2.82. The van der Waals surface area contributed by atoms with Crippen molar-refractivity contribution in [2.24, 2.45) is 0 Å². The predicted molar refractivity (Wildman–Crippen MR) is 59.9 cm³/mol. The van der Waals surface area contributed by atoms with Gasteiger partial charge in [-0.05, 0) is 11.6 Å². The van der Waals surface area contributed by atoms with Gasteiger partial charge in [0, 0.05) is 31.2 Å². The maximum Gasteiger partial charge on any atom is 0.137 e. The van der Waals surface area contributed by atoms with Crippen molar-refractivity contribution in [1.82, 2.24) is 20.3 Å². The predicted octanol–water partition coefficient (Wildman–Crippen LogP) is 1.10. The van der Waals surface area contributed by atoms with Crippen LogP contribution in [0.3, 0.4) is 0 Å². The molecule has 2 N–H and O–H groups in total. The molecular formula is C11H14N4O. The Bertz CT molecular complexity index is 427. The standard InChI is InChI=1S/C11H14N4O/c1-16-11-2-9(4-13-7-11)3-12-5-10-6-14-8-15-10/h2,4,6-8,12H,3,5H2,1H3,(H,14,15). The fraction of sp³-hybridized carbons (Fsp3) is 0.273. The monoisotopic (exact) mass is 218 g/mol. The molecule has 5 nitrogen and oxygen atoms in total. The van der Waals surface area contributed by atoms with Crippen LogP contribution in [-0.2, 0) is 13.1 Å². The highest BCUT2D eigenvalue weighted by atomic mass is 16.5. The maximum absolute atomic E-state index is 5.10. The first-order chi connectivity index (χ1) is 7.88. The number of methoxy groups -OCH3 is 1. The van der Waals surface area contributed by atoms with E-state index in [0.29, 0.717) is 0 Å². The molecule has 0 fully saturated rings. The number of imidazole rings is 1. The van der Waals surface area contributed by atoms with Crippen molar-refractivity contribution in [3.05, 3.63) is 42.2 Å². The molecule has 2 aromatic rings. The fourth-order valence-corrected chi connectivity index (χ4v) is 1.39. The van der Waals surface area contributed by atoms with Crippen LogP contribution in [0.1, 0.15) is 11.3 Å². The van der Waals surface area contributed by atoms with Crippen LogP contribution in [0.25, 0.3) is 0 Å². The number of H-pyrrole nitrogens is 1. The maximum atomic E-state index is 5.10. The molecule has 0 unspecified atom stereocenters. The Labute approximate surface area is 93.9 Å². The third-order valence-electron chi connectivity index (χ3n) is 2.20. The molecule has 0 aromatic carbocycles. The van der Waals surface area contributed by atoms with E-state index in [1.165, 1.54) is 0 Å². The lowest BCUT2D eigenvalue weighted by atomic mass is 10.2. The van der Waals surface area contributed by atoms with E-state index in [1.54, 1.807) is 25.8 Å². The van der Waals surface area contributed by atoms with Crippen molar-refractivity contribution in [2.75, 3.05) is 7.11 Å². The zero-order valence-corrected chi connectivity index (χ0v) is 9.10. The SMILES string of the molecule is COc1cncc(CNCc2cnc[nH]2)c1. The molecule has 84 valence electrons. The van der Waals surface area contributed by atoms with Crippen LogP contribution in [0.15, 0.2) is 31.0 Å². The van der Waals surface area contributed by atoms with E-state index in [0.717, 1.165) is 30.1 Å². The van der Waals surface area contributed by atoms with Gasteiger partial charge in [0.1, 0.15) is 5.75 Å². The third kappa shape index (κ3) is 2.80. The first-order valence-corrected chi connectivity index (χ1v) is 5.04. The van der Waals surface area contributed by atoms with Crippen molar-refractivity contribution in [1.29, 1.82) is 0 Å². The number of hydrogen-bond acceptors (Lipinski definition) is 4. The van der Waals surface area contributed by atoms with Gasteiger partial charge in [-0.3, -0.25) is 4.98 Å². The Balaban J connectivity index is 1.85. The van der Waals surface area contributed by atoms with Gasteiger partial charge in [0.15, 0.2) is 0 Å². The summed E-state index contributed by atoms with van der Waals surface area (Å²) >= 11 is 0. The van der Waals surface area contributed by atoms with Gasteiger partial charge < -0.3 is 15.0 Å². The minimum atomic E-state index is 0.753. The Hall–Kier alpha value is -1.88. The Kier molecular flexibility index (Phi) is 3.50. The third-order valence-corrected chi connectivity index (χ3v) is 2.20. The van der Waals surface area contributed by atoms with E-state index in [2.05, 4.69) is 20.3 Å². The summed E-state index contributed by atoms with van der Waals surface area (Å²) in [4.78, 5) is 11.1. The summed E-state index contributed by atoms with van der Waals surface area (Å²) in [6, 6.07) is 1.97. The molecule has 0 saturated heterocycles. The Morgan fingerprint density at radius 3 is 2.94 bits per heavy atom. The molecule has 0 aliphatic heterocycles. The van der Waals surface area contributed by atoms with Gasteiger partial charge in [-0.25, -0.2) is 4.98 Å². The van der Waals surface area contributed by atoms with E-state index in [4.69, 9.17) is 4.74 Å². The van der Waals surface area contributed by atoms with Crippen LogP contribution in [0, 0.1) is 0 Å². The van der Waals surface area contributed by atoms with Crippen LogP contribution < -0.4 is 10.1 Å². The number of rotatable bonds is 5. The molecular weight excluding hydrogens is 204 g/mol. The molecule has 0 radical (unpaired) electrons. The molecule has 0 spiro atoms. The molecule has 0 atom stereocenters. The van der Waals surface area contributed by atoms with Crippen LogP contribution in [0.5, 0.6) is 5.75 Å². The smallest absolute Gasteiger partial charge is 0.137 e. The zero-order chi connectivity index (χ0) is 11.2. The van der Waals surface area contributed by atoms with E-state index in [9.17, 15) is 0 Å². The summed E-state index contributed by atoms with van der Waals surface area (Å²) in [5, 5.41) is 3.29. The van der Waals surface area contributed by atoms with Crippen LogP contribution >= 0.6 is 0 Å². The zero-order valence-electron chi connectivity index (χ0n) is 9.10. The summed E-state index contributed by atoms with van der Waals surface area (Å²) in [6.45, 7) is 1.51. The van der Waals surface area contributed by atoms with Crippen molar-refractivity contribution < 1.29 is 4.74 Å². The van der Waals surface area contributed by atoms with E-state index in [-0.39, 0.29) is 0 Å². The van der Waals surface area contributed by atoms with E-state index < -0.39 is 0 Å². The highest BCUT2D eigenvalue weighted by Gasteiger charge is 1.97. The lowest BCUT2D eigenvalue weighted by molar-refractivity contribution is 0.412. The van der Waals surface area contributed by atoms with E-state index >= 15 is 0 Å². The number of hydrogen-bond donors (Lipinski definition) is 2. The molecule has 2 heterocycles. The lowest BCUT2D eigenvalue weighted by Gasteiger charge is -2.04. The number of aromatic amines is 1. The summed E-state index contributed by atoms with van der Waals surface area (Å²) in [5.74, 6) is 0.779. The largest absolute Gasteiger partial charge is 0.495 e. The van der Waals surface area contributed by atoms with Gasteiger partial charge in [0.2, 0.25) is 0 Å². The molecule has 0 saturated carbocycles. The molecule has 0 aliphatic rings. The van der Waals surface area contributed by atoms with Crippen molar-refractivity contribution in [3.63, 3.8) is 0 Å². The quantitative estimate of drug-likeness (QED) is 0.789. The number of aromatic nitrogens is 3. The van der Waals surface area contributed by atoms with Crippen molar-refractivity contribution in [3.8, 4) is 5.75 Å². The van der Waals surface area contributed by atoms with Gasteiger partial charge >= 0.3 is 0 Å². The average molecular weight is 218 g/mol. The molecule has 2 rings (SSSR count). The van der Waals surface area contributed by atoms with Gasteiger partial charge in [-0.1, -0.05) is 0 Å². The van der Waals surface area contributed by atoms with Gasteiger partial charge in [-0.2, -0.15) is 0 Å². The molecule has 16 heavy (non-hydrogen) atoms. The minimum absolute atomic E-state index is 0.753. The van der Waals surface area contributed by atoms with Crippen LogP contribution in [0.4, 0.5) is 0 Å². The first-order valence-electron chi connectivity index (χ1n) is 5.04. The first kappa shape index (κ1) is 10.6. The second-order valence-electron chi connectivity index (χ2n) is 3.41. The van der Waals surface area contributed by atoms with E-state index in [1.807, 2.05) is 12.3 Å². The number of ether oxygens (including phenoxy) is 1. The van der Waals surface area contributed by atoms with Crippen molar-refractivity contribution >= 4 is 0 Å². The summed E-state index contributed by atoms with van der Waals surface area (Å²) < 4.78 is 5.10. The molecule has 2 aromatic heterocycles. The minimum Gasteiger partial charge on any atom is -0.495 e. The van der Waals surface area contributed by atoms with Gasteiger partial charge in [0.05, 0.1) is 19.6 Å². The topological polar surface area (TPSA) is 62.8 Å². The Morgan fingerprint density at radius 2 is 2.19 bits per heavy atom. The fourth-order valence-electron chi connectivity index (χ4n) is 1.39. The summed E-state index contributed by atoms with van der Waals surface area (Å²) in [5.41, 5.74) is 2.16. The molecule has 0 bridgehead atoms. The highest BCUT2D eigenvalue weighted by Crippen LogP contribution is 2.09. The number of pyridine rings is 1.